The van der Waals surface area contributed by atoms with E-state index < -0.39 is 23.5 Å². The van der Waals surface area contributed by atoms with Crippen molar-refractivity contribution in [2.45, 2.75) is 26.4 Å². The Hall–Kier alpha value is -3.55. The number of ether oxygens (including phenoxy) is 2. The average Bonchev–Trinajstić information content (AvgIpc) is 3.12. The molecule has 3 aromatic rings. The van der Waals surface area contributed by atoms with Crippen LogP contribution in [0.5, 0.6) is 11.5 Å². The number of ketones is 1. The Morgan fingerprint density at radius 1 is 1.11 bits per heavy atom. The van der Waals surface area contributed by atoms with E-state index in [4.69, 9.17) is 32.7 Å². The van der Waals surface area contributed by atoms with Gasteiger partial charge in [-0.25, -0.2) is 0 Å². The summed E-state index contributed by atoms with van der Waals surface area (Å²) in [5, 5.41) is 11.9. The van der Waals surface area contributed by atoms with E-state index in [-0.39, 0.29) is 33.5 Å². The number of carbonyl (C=O) groups is 2. The molecule has 1 N–H and O–H groups in total. The molecule has 0 bridgehead atoms. The molecule has 2 heterocycles. The Kier molecular flexibility index (Phi) is 8.05. The minimum absolute atomic E-state index is 0.100. The van der Waals surface area contributed by atoms with Gasteiger partial charge in [0.25, 0.3) is 11.7 Å². The van der Waals surface area contributed by atoms with Gasteiger partial charge in [0.1, 0.15) is 17.3 Å². The average molecular weight is 541 g/mol. The Morgan fingerprint density at radius 2 is 1.84 bits per heavy atom. The van der Waals surface area contributed by atoms with Crippen molar-refractivity contribution >= 4 is 40.7 Å². The van der Waals surface area contributed by atoms with Crippen molar-refractivity contribution in [2.75, 3.05) is 13.7 Å². The number of carbonyl (C=O) groups excluding carboxylic acids is 2. The molecule has 192 valence electrons. The van der Waals surface area contributed by atoms with Crippen molar-refractivity contribution in [3.63, 3.8) is 0 Å². The van der Waals surface area contributed by atoms with Gasteiger partial charge in [0, 0.05) is 24.0 Å². The fraction of sp³-hybridized carbons (Fsp3) is 0.250. The number of aliphatic hydroxyl groups excluding tert-OH is 1. The third-order valence-corrected chi connectivity index (χ3v) is 6.37. The number of pyridine rings is 1. The van der Waals surface area contributed by atoms with Crippen LogP contribution in [0, 0.1) is 5.92 Å². The fourth-order valence-corrected chi connectivity index (χ4v) is 4.77. The molecule has 0 saturated carbocycles. The molecule has 1 amide bonds. The van der Waals surface area contributed by atoms with Crippen molar-refractivity contribution < 1.29 is 24.2 Å². The van der Waals surface area contributed by atoms with E-state index in [2.05, 4.69) is 4.98 Å². The second-order valence-corrected chi connectivity index (χ2v) is 9.87. The van der Waals surface area contributed by atoms with Gasteiger partial charge in [-0.15, -0.1) is 0 Å². The van der Waals surface area contributed by atoms with Crippen LogP contribution in [-0.2, 0) is 16.1 Å². The molecule has 1 saturated heterocycles. The fourth-order valence-electron chi connectivity index (χ4n) is 4.20. The summed E-state index contributed by atoms with van der Waals surface area (Å²) in [5.41, 5.74) is 1.39. The van der Waals surface area contributed by atoms with Crippen molar-refractivity contribution in [3.05, 3.63) is 93.2 Å². The number of hydrogen-bond donors (Lipinski definition) is 1. The van der Waals surface area contributed by atoms with Gasteiger partial charge in [-0.2, -0.15) is 0 Å². The molecule has 37 heavy (non-hydrogen) atoms. The van der Waals surface area contributed by atoms with Crippen LogP contribution >= 0.6 is 23.2 Å². The third kappa shape index (κ3) is 5.58. The van der Waals surface area contributed by atoms with E-state index in [0.717, 1.165) is 5.56 Å². The zero-order valence-electron chi connectivity index (χ0n) is 20.6. The normalized spacial score (nSPS) is 16.9. The lowest BCUT2D eigenvalue weighted by Gasteiger charge is -2.26. The van der Waals surface area contributed by atoms with E-state index in [9.17, 15) is 14.7 Å². The molecule has 1 aliphatic rings. The van der Waals surface area contributed by atoms with Gasteiger partial charge in [-0.05, 0) is 53.4 Å². The molecular formula is C28H26Cl2N2O5. The van der Waals surface area contributed by atoms with E-state index in [1.165, 1.54) is 24.1 Å². The van der Waals surface area contributed by atoms with Crippen LogP contribution in [0.1, 0.15) is 36.6 Å². The summed E-state index contributed by atoms with van der Waals surface area (Å²) in [5.74, 6) is -0.982. The summed E-state index contributed by atoms with van der Waals surface area (Å²) < 4.78 is 11.3. The molecule has 4 rings (SSSR count). The van der Waals surface area contributed by atoms with Crippen LogP contribution in [0.2, 0.25) is 10.0 Å². The second kappa shape index (κ2) is 11.2. The van der Waals surface area contributed by atoms with Gasteiger partial charge in [0.15, 0.2) is 0 Å². The van der Waals surface area contributed by atoms with Crippen molar-refractivity contribution in [1.29, 1.82) is 0 Å². The van der Waals surface area contributed by atoms with Crippen LogP contribution in [0.25, 0.3) is 5.76 Å². The van der Waals surface area contributed by atoms with E-state index >= 15 is 0 Å². The maximum atomic E-state index is 13.4. The number of rotatable bonds is 8. The zero-order chi connectivity index (χ0) is 26.7. The van der Waals surface area contributed by atoms with Crippen LogP contribution < -0.4 is 9.47 Å². The standard InChI is InChI=1S/C28H26Cl2N2O5/c1-16(2)15-37-20-6-4-5-18(11-20)24-23(25(33)21-12-19(29)13-22(30)27(21)36-3)26(34)28(35)32(24)14-17-7-9-31-10-8-17/h4-13,16,24,33H,14-15H2,1-3H3/b25-23+. The first-order valence-electron chi connectivity index (χ1n) is 11.6. The van der Waals surface area contributed by atoms with E-state index in [1.54, 1.807) is 48.8 Å². The van der Waals surface area contributed by atoms with E-state index in [0.29, 0.717) is 23.8 Å². The number of methoxy groups -OCH3 is 1. The third-order valence-electron chi connectivity index (χ3n) is 5.87. The monoisotopic (exact) mass is 540 g/mol. The minimum atomic E-state index is -0.904. The number of nitrogens with zero attached hydrogens (tertiary/aromatic N) is 2. The Morgan fingerprint density at radius 3 is 2.51 bits per heavy atom. The maximum Gasteiger partial charge on any atom is 0.295 e. The molecule has 0 radical (unpaired) electrons. The summed E-state index contributed by atoms with van der Waals surface area (Å²) in [6.07, 6.45) is 3.22. The van der Waals surface area contributed by atoms with Gasteiger partial charge in [-0.3, -0.25) is 14.6 Å². The number of Topliss-reactive ketones (excluding diaryl/α,β-unsaturated/α-hetero) is 1. The molecule has 1 unspecified atom stereocenters. The number of halogens is 2. The van der Waals surface area contributed by atoms with E-state index in [1.807, 2.05) is 13.8 Å². The lowest BCUT2D eigenvalue weighted by atomic mass is 9.94. The quantitative estimate of drug-likeness (QED) is 0.212. The Labute approximate surface area is 225 Å². The van der Waals surface area contributed by atoms with Gasteiger partial charge in [0.2, 0.25) is 0 Å². The highest BCUT2D eigenvalue weighted by molar-refractivity contribution is 6.46. The second-order valence-electron chi connectivity index (χ2n) is 9.03. The lowest BCUT2D eigenvalue weighted by Crippen LogP contribution is -2.29. The molecule has 1 aliphatic heterocycles. The number of amides is 1. The Balaban J connectivity index is 1.90. The largest absolute Gasteiger partial charge is 0.507 e. The topological polar surface area (TPSA) is 89.0 Å². The highest BCUT2D eigenvalue weighted by atomic mass is 35.5. The molecule has 1 fully saturated rings. The number of aromatic nitrogens is 1. The first-order valence-corrected chi connectivity index (χ1v) is 12.4. The van der Waals surface area contributed by atoms with Gasteiger partial charge < -0.3 is 19.5 Å². The molecule has 0 aliphatic carbocycles. The zero-order valence-corrected chi connectivity index (χ0v) is 22.1. The predicted octanol–water partition coefficient (Wildman–Crippen LogP) is 6.05. The summed E-state index contributed by atoms with van der Waals surface area (Å²) in [7, 11) is 1.39. The van der Waals surface area contributed by atoms with Crippen molar-refractivity contribution in [2.24, 2.45) is 5.92 Å². The Bertz CT molecular complexity index is 1360. The van der Waals surface area contributed by atoms with Crippen LogP contribution in [0.15, 0.2) is 66.5 Å². The number of benzene rings is 2. The van der Waals surface area contributed by atoms with Crippen molar-refractivity contribution in [1.82, 2.24) is 9.88 Å². The minimum Gasteiger partial charge on any atom is -0.507 e. The molecule has 1 aromatic heterocycles. The van der Waals surface area contributed by atoms with Crippen LogP contribution in [-0.4, -0.2) is 40.4 Å². The molecule has 7 nitrogen and oxygen atoms in total. The number of aliphatic hydroxyl groups is 1. The first-order chi connectivity index (χ1) is 17.7. The van der Waals surface area contributed by atoms with Crippen molar-refractivity contribution in [3.8, 4) is 11.5 Å². The number of likely N-dealkylation sites (tertiary alicyclic amines) is 1. The lowest BCUT2D eigenvalue weighted by molar-refractivity contribution is -0.140. The molecule has 0 spiro atoms. The molecular weight excluding hydrogens is 515 g/mol. The van der Waals surface area contributed by atoms with Gasteiger partial charge in [-0.1, -0.05) is 49.2 Å². The van der Waals surface area contributed by atoms with Gasteiger partial charge in [0.05, 0.1) is 35.9 Å². The predicted molar refractivity (Wildman–Crippen MR) is 142 cm³/mol. The maximum absolute atomic E-state index is 13.4. The summed E-state index contributed by atoms with van der Waals surface area (Å²) >= 11 is 12.5. The molecule has 9 heteroatoms. The SMILES string of the molecule is COc1c(Cl)cc(Cl)cc1/C(O)=C1\C(=O)C(=O)N(Cc2ccncc2)C1c1cccc(OCC(C)C)c1. The summed E-state index contributed by atoms with van der Waals surface area (Å²) in [6.45, 7) is 4.70. The van der Waals surface area contributed by atoms with Gasteiger partial charge >= 0.3 is 0 Å². The molecule has 2 aromatic carbocycles. The first kappa shape index (κ1) is 26.5. The van der Waals surface area contributed by atoms with Crippen LogP contribution in [0.4, 0.5) is 0 Å². The highest BCUT2D eigenvalue weighted by Gasteiger charge is 2.46. The summed E-state index contributed by atoms with van der Waals surface area (Å²) in [6, 6.07) is 12.7. The number of hydrogen-bond acceptors (Lipinski definition) is 6. The highest BCUT2D eigenvalue weighted by Crippen LogP contribution is 2.44. The summed E-state index contributed by atoms with van der Waals surface area (Å²) in [4.78, 5) is 32.2. The molecule has 1 atom stereocenters. The van der Waals surface area contributed by atoms with Crippen LogP contribution in [0.3, 0.4) is 0 Å². The smallest absolute Gasteiger partial charge is 0.295 e.